The summed E-state index contributed by atoms with van der Waals surface area (Å²) in [5.41, 5.74) is 7.78. The third kappa shape index (κ3) is 3.56. The second kappa shape index (κ2) is 6.35. The molecule has 1 amide bonds. The van der Waals surface area contributed by atoms with Gasteiger partial charge in [-0.1, -0.05) is 19.4 Å². The Morgan fingerprint density at radius 1 is 1.38 bits per heavy atom. The van der Waals surface area contributed by atoms with Crippen LogP contribution in [0, 0.1) is 12.7 Å². The Morgan fingerprint density at radius 2 is 2.14 bits per heavy atom. The lowest BCUT2D eigenvalue weighted by molar-refractivity contribution is 0.102. The maximum Gasteiger partial charge on any atom is 0.255 e. The standard InChI is InChI=1S/C16H18FN3O/c1-3-5-12-8-11(9-15(18)19-12)16(21)20-14-7-4-6-13(17)10(14)2/h4,6-9H,3,5H2,1-2H3,(H2,18,19)(H,20,21). The fourth-order valence-corrected chi connectivity index (χ4v) is 2.06. The first-order chi connectivity index (χ1) is 10.0. The number of hydrogen-bond donors (Lipinski definition) is 2. The summed E-state index contributed by atoms with van der Waals surface area (Å²) in [4.78, 5) is 16.5. The number of nitrogen functional groups attached to an aromatic ring is 1. The third-order valence-corrected chi connectivity index (χ3v) is 3.18. The molecular formula is C16H18FN3O. The largest absolute Gasteiger partial charge is 0.384 e. The molecule has 0 bridgehead atoms. The summed E-state index contributed by atoms with van der Waals surface area (Å²) in [6.07, 6.45) is 1.67. The molecule has 1 heterocycles. The Bertz CT molecular complexity index is 671. The van der Waals surface area contributed by atoms with Crippen molar-refractivity contribution in [1.29, 1.82) is 0 Å². The maximum atomic E-state index is 13.5. The van der Waals surface area contributed by atoms with Crippen LogP contribution >= 0.6 is 0 Å². The number of benzene rings is 1. The number of nitrogens with zero attached hydrogens (tertiary/aromatic N) is 1. The number of nitrogens with two attached hydrogens (primary N) is 1. The highest BCUT2D eigenvalue weighted by Crippen LogP contribution is 2.19. The minimum atomic E-state index is -0.353. The maximum absolute atomic E-state index is 13.5. The number of rotatable bonds is 4. The van der Waals surface area contributed by atoms with E-state index in [0.29, 0.717) is 22.6 Å². The van der Waals surface area contributed by atoms with Gasteiger partial charge in [-0.2, -0.15) is 0 Å². The average molecular weight is 287 g/mol. The molecule has 0 saturated heterocycles. The van der Waals surface area contributed by atoms with Crippen LogP contribution in [0.25, 0.3) is 0 Å². The van der Waals surface area contributed by atoms with E-state index in [4.69, 9.17) is 5.73 Å². The van der Waals surface area contributed by atoms with Crippen LogP contribution < -0.4 is 11.1 Å². The summed E-state index contributed by atoms with van der Waals surface area (Å²) in [7, 11) is 0. The van der Waals surface area contributed by atoms with Gasteiger partial charge < -0.3 is 11.1 Å². The molecule has 0 aliphatic carbocycles. The van der Waals surface area contributed by atoms with Gasteiger partial charge in [0.1, 0.15) is 11.6 Å². The molecule has 0 aliphatic rings. The summed E-state index contributed by atoms with van der Waals surface area (Å²) < 4.78 is 13.5. The number of carbonyl (C=O) groups excluding carboxylic acids is 1. The molecule has 0 saturated carbocycles. The van der Waals surface area contributed by atoms with E-state index in [2.05, 4.69) is 10.3 Å². The van der Waals surface area contributed by atoms with E-state index in [0.717, 1.165) is 18.5 Å². The van der Waals surface area contributed by atoms with E-state index in [1.165, 1.54) is 12.1 Å². The first kappa shape index (κ1) is 15.0. The van der Waals surface area contributed by atoms with Crippen LogP contribution in [0.2, 0.25) is 0 Å². The Kier molecular flexibility index (Phi) is 4.52. The van der Waals surface area contributed by atoms with Gasteiger partial charge in [0.15, 0.2) is 0 Å². The number of hydrogen-bond acceptors (Lipinski definition) is 3. The van der Waals surface area contributed by atoms with Gasteiger partial charge in [0, 0.05) is 22.5 Å². The normalized spacial score (nSPS) is 10.4. The van der Waals surface area contributed by atoms with Crippen molar-refractivity contribution in [2.75, 3.05) is 11.1 Å². The number of nitrogens with one attached hydrogen (secondary N) is 1. The van der Waals surface area contributed by atoms with Gasteiger partial charge in [-0.15, -0.1) is 0 Å². The van der Waals surface area contributed by atoms with Crippen molar-refractivity contribution in [3.63, 3.8) is 0 Å². The highest BCUT2D eigenvalue weighted by molar-refractivity contribution is 6.05. The molecule has 0 atom stereocenters. The Hall–Kier alpha value is -2.43. The van der Waals surface area contributed by atoms with Gasteiger partial charge >= 0.3 is 0 Å². The summed E-state index contributed by atoms with van der Waals surface area (Å²) in [5, 5.41) is 2.70. The van der Waals surface area contributed by atoms with Crippen LogP contribution in [0.5, 0.6) is 0 Å². The first-order valence-electron chi connectivity index (χ1n) is 6.84. The zero-order valence-electron chi connectivity index (χ0n) is 12.1. The summed E-state index contributed by atoms with van der Waals surface area (Å²) in [5.74, 6) is -0.370. The quantitative estimate of drug-likeness (QED) is 0.906. The minimum Gasteiger partial charge on any atom is -0.384 e. The summed E-state index contributed by atoms with van der Waals surface area (Å²) in [6.45, 7) is 3.65. The number of pyridine rings is 1. The molecular weight excluding hydrogens is 269 g/mol. The number of aryl methyl sites for hydroxylation is 1. The van der Waals surface area contributed by atoms with Crippen molar-refractivity contribution in [3.05, 3.63) is 53.0 Å². The van der Waals surface area contributed by atoms with Gasteiger partial charge in [-0.3, -0.25) is 4.79 Å². The molecule has 0 spiro atoms. The lowest BCUT2D eigenvalue weighted by Crippen LogP contribution is -2.14. The predicted octanol–water partition coefficient (Wildman–Crippen LogP) is 3.32. The molecule has 4 nitrogen and oxygen atoms in total. The zero-order chi connectivity index (χ0) is 15.4. The highest BCUT2D eigenvalue weighted by Gasteiger charge is 2.11. The van der Waals surface area contributed by atoms with Crippen LogP contribution in [0.1, 0.15) is 35.0 Å². The fraction of sp³-hybridized carbons (Fsp3) is 0.250. The van der Waals surface area contributed by atoms with Gasteiger partial charge in [-0.05, 0) is 37.6 Å². The molecule has 5 heteroatoms. The van der Waals surface area contributed by atoms with E-state index in [1.807, 2.05) is 6.92 Å². The smallest absolute Gasteiger partial charge is 0.255 e. The van der Waals surface area contributed by atoms with Crippen LogP contribution in [-0.4, -0.2) is 10.9 Å². The van der Waals surface area contributed by atoms with E-state index in [9.17, 15) is 9.18 Å². The average Bonchev–Trinajstić information content (AvgIpc) is 2.43. The Labute approximate surface area is 123 Å². The van der Waals surface area contributed by atoms with Crippen molar-refractivity contribution in [3.8, 4) is 0 Å². The predicted molar refractivity (Wildman–Crippen MR) is 81.7 cm³/mol. The molecule has 1 aromatic heterocycles. The summed E-state index contributed by atoms with van der Waals surface area (Å²) in [6, 6.07) is 7.80. The summed E-state index contributed by atoms with van der Waals surface area (Å²) >= 11 is 0. The van der Waals surface area contributed by atoms with E-state index in [-0.39, 0.29) is 11.7 Å². The van der Waals surface area contributed by atoms with Gasteiger partial charge in [-0.25, -0.2) is 9.37 Å². The van der Waals surface area contributed by atoms with Crippen LogP contribution in [0.15, 0.2) is 30.3 Å². The number of aromatic nitrogens is 1. The number of amides is 1. The molecule has 0 radical (unpaired) electrons. The first-order valence-corrected chi connectivity index (χ1v) is 6.84. The molecule has 3 N–H and O–H groups in total. The third-order valence-electron chi connectivity index (χ3n) is 3.18. The van der Waals surface area contributed by atoms with Crippen molar-refractivity contribution < 1.29 is 9.18 Å². The van der Waals surface area contributed by atoms with Gasteiger partial charge in [0.2, 0.25) is 0 Å². The Balaban J connectivity index is 2.26. The Morgan fingerprint density at radius 3 is 2.86 bits per heavy atom. The van der Waals surface area contributed by atoms with E-state index in [1.54, 1.807) is 25.1 Å². The molecule has 21 heavy (non-hydrogen) atoms. The SMILES string of the molecule is CCCc1cc(C(=O)Nc2cccc(F)c2C)cc(N)n1. The lowest BCUT2D eigenvalue weighted by atomic mass is 10.1. The molecule has 0 unspecified atom stereocenters. The van der Waals surface area contributed by atoms with Gasteiger partial charge in [0.25, 0.3) is 5.91 Å². The van der Waals surface area contributed by atoms with Gasteiger partial charge in [0.05, 0.1) is 0 Å². The lowest BCUT2D eigenvalue weighted by Gasteiger charge is -2.10. The fourth-order valence-electron chi connectivity index (χ4n) is 2.06. The van der Waals surface area contributed by atoms with Crippen LogP contribution in [0.4, 0.5) is 15.9 Å². The molecule has 0 aliphatic heterocycles. The molecule has 1 aromatic carbocycles. The monoisotopic (exact) mass is 287 g/mol. The second-order valence-electron chi connectivity index (χ2n) is 4.89. The molecule has 110 valence electrons. The van der Waals surface area contributed by atoms with Crippen molar-refractivity contribution in [2.24, 2.45) is 0 Å². The van der Waals surface area contributed by atoms with Crippen molar-refractivity contribution in [1.82, 2.24) is 4.98 Å². The van der Waals surface area contributed by atoms with Crippen molar-refractivity contribution >= 4 is 17.4 Å². The van der Waals surface area contributed by atoms with Crippen LogP contribution in [0.3, 0.4) is 0 Å². The molecule has 2 rings (SSSR count). The molecule has 2 aromatic rings. The number of anilines is 2. The zero-order valence-corrected chi connectivity index (χ0v) is 12.1. The number of halogens is 1. The number of carbonyl (C=O) groups is 1. The molecule has 0 fully saturated rings. The topological polar surface area (TPSA) is 68.0 Å². The van der Waals surface area contributed by atoms with Crippen molar-refractivity contribution in [2.45, 2.75) is 26.7 Å². The highest BCUT2D eigenvalue weighted by atomic mass is 19.1. The second-order valence-corrected chi connectivity index (χ2v) is 4.89. The van der Waals surface area contributed by atoms with E-state index >= 15 is 0 Å². The van der Waals surface area contributed by atoms with Crippen LogP contribution in [-0.2, 0) is 6.42 Å². The minimum absolute atomic E-state index is 0.307. The van der Waals surface area contributed by atoms with E-state index < -0.39 is 0 Å².